The summed E-state index contributed by atoms with van der Waals surface area (Å²) >= 11 is 0. The largest absolute Gasteiger partial charge is 0.259 e. The van der Waals surface area contributed by atoms with E-state index >= 15 is 0 Å². The van der Waals surface area contributed by atoms with E-state index in [0.717, 1.165) is 39.3 Å². The van der Waals surface area contributed by atoms with Crippen molar-refractivity contribution in [3.8, 4) is 11.3 Å². The van der Waals surface area contributed by atoms with Crippen molar-refractivity contribution in [2.75, 3.05) is 0 Å². The van der Waals surface area contributed by atoms with Gasteiger partial charge < -0.3 is 0 Å². The number of nitrogens with zero attached hydrogens (tertiary/aromatic N) is 5. The van der Waals surface area contributed by atoms with Gasteiger partial charge in [0.1, 0.15) is 5.82 Å². The fourth-order valence-corrected chi connectivity index (χ4v) is 2.33. The molecule has 0 aliphatic rings. The molecule has 5 heteroatoms. The van der Waals surface area contributed by atoms with Crippen molar-refractivity contribution < 1.29 is 0 Å². The van der Waals surface area contributed by atoms with Gasteiger partial charge in [-0.1, -0.05) is 12.7 Å². The molecule has 0 radical (unpaired) electrons. The van der Waals surface area contributed by atoms with E-state index < -0.39 is 0 Å². The molecule has 3 heterocycles. The van der Waals surface area contributed by atoms with E-state index in [1.54, 1.807) is 12.4 Å². The van der Waals surface area contributed by atoms with Gasteiger partial charge in [-0.2, -0.15) is 5.10 Å². The van der Waals surface area contributed by atoms with Gasteiger partial charge in [0.15, 0.2) is 0 Å². The normalized spacial score (nSPS) is 10.8. The standard InChI is InChI=1S/C17H17N5/c1-5-6-22-16-10-20-15(13-8-18-12(4)19-9-13)7-14(16)17(21-22)11(2)3/h5,7-10H,1-2,6H2,3-4H3. The Kier molecular flexibility index (Phi) is 3.55. The fourth-order valence-electron chi connectivity index (χ4n) is 2.33. The Hall–Kier alpha value is -2.82. The smallest absolute Gasteiger partial charge is 0.125 e. The molecule has 3 aromatic heterocycles. The minimum atomic E-state index is 0.637. The zero-order valence-corrected chi connectivity index (χ0v) is 12.7. The minimum Gasteiger partial charge on any atom is -0.259 e. The van der Waals surface area contributed by atoms with Crippen LogP contribution in [0.4, 0.5) is 0 Å². The molecule has 3 rings (SSSR count). The lowest BCUT2D eigenvalue weighted by Crippen LogP contribution is -1.97. The highest BCUT2D eigenvalue weighted by Crippen LogP contribution is 2.27. The van der Waals surface area contributed by atoms with E-state index in [2.05, 4.69) is 33.2 Å². The molecule has 0 saturated heterocycles. The Balaban J connectivity index is 2.19. The van der Waals surface area contributed by atoms with Crippen LogP contribution in [-0.2, 0) is 6.54 Å². The van der Waals surface area contributed by atoms with Crippen LogP contribution >= 0.6 is 0 Å². The van der Waals surface area contributed by atoms with Crippen LogP contribution in [0.2, 0.25) is 0 Å². The average molecular weight is 291 g/mol. The number of hydrogen-bond acceptors (Lipinski definition) is 4. The molecule has 5 nitrogen and oxygen atoms in total. The van der Waals surface area contributed by atoms with Gasteiger partial charge in [-0.3, -0.25) is 9.67 Å². The SMILES string of the molecule is C=CCn1nc(C(=C)C)c2cc(-c3cnc(C)nc3)ncc21. The van der Waals surface area contributed by atoms with Crippen LogP contribution in [0.15, 0.2) is 43.9 Å². The predicted molar refractivity (Wildman–Crippen MR) is 88.2 cm³/mol. The van der Waals surface area contributed by atoms with E-state index in [4.69, 9.17) is 0 Å². The number of fused-ring (bicyclic) bond motifs is 1. The third kappa shape index (κ3) is 2.41. The highest BCUT2D eigenvalue weighted by molar-refractivity contribution is 5.91. The van der Waals surface area contributed by atoms with Crippen molar-refractivity contribution in [2.24, 2.45) is 0 Å². The quantitative estimate of drug-likeness (QED) is 0.691. The first kappa shape index (κ1) is 14.1. The summed E-state index contributed by atoms with van der Waals surface area (Å²) in [5.41, 5.74) is 4.48. The van der Waals surface area contributed by atoms with Crippen molar-refractivity contribution in [1.29, 1.82) is 0 Å². The number of aryl methyl sites for hydroxylation is 1. The van der Waals surface area contributed by atoms with E-state index in [9.17, 15) is 0 Å². The Labute approximate surface area is 129 Å². The first-order valence-corrected chi connectivity index (χ1v) is 7.02. The van der Waals surface area contributed by atoms with Crippen LogP contribution in [-0.4, -0.2) is 24.7 Å². The summed E-state index contributed by atoms with van der Waals surface area (Å²) in [5, 5.41) is 5.63. The number of allylic oxidation sites excluding steroid dienone is 2. The first-order valence-electron chi connectivity index (χ1n) is 7.02. The molecular formula is C17H17N5. The molecule has 0 amide bonds. The lowest BCUT2D eigenvalue weighted by Gasteiger charge is -2.02. The van der Waals surface area contributed by atoms with E-state index in [1.165, 1.54) is 0 Å². The zero-order valence-electron chi connectivity index (χ0n) is 12.7. The molecule has 0 N–H and O–H groups in total. The topological polar surface area (TPSA) is 56.5 Å². The summed E-state index contributed by atoms with van der Waals surface area (Å²) in [6.45, 7) is 12.2. The van der Waals surface area contributed by atoms with Gasteiger partial charge in [0.25, 0.3) is 0 Å². The Morgan fingerprint density at radius 2 is 1.95 bits per heavy atom. The zero-order chi connectivity index (χ0) is 15.7. The summed E-state index contributed by atoms with van der Waals surface area (Å²) in [4.78, 5) is 13.0. The third-order valence-corrected chi connectivity index (χ3v) is 3.42. The van der Waals surface area contributed by atoms with E-state index in [1.807, 2.05) is 36.9 Å². The summed E-state index contributed by atoms with van der Waals surface area (Å²) in [5.74, 6) is 0.742. The molecule has 0 fully saturated rings. The van der Waals surface area contributed by atoms with E-state index in [0.29, 0.717) is 6.54 Å². The molecule has 22 heavy (non-hydrogen) atoms. The molecule has 0 aliphatic carbocycles. The molecule has 110 valence electrons. The molecule has 0 unspecified atom stereocenters. The van der Waals surface area contributed by atoms with Gasteiger partial charge in [-0.05, 0) is 25.5 Å². The second kappa shape index (κ2) is 5.52. The van der Waals surface area contributed by atoms with E-state index in [-0.39, 0.29) is 0 Å². The van der Waals surface area contributed by atoms with Crippen molar-refractivity contribution in [2.45, 2.75) is 20.4 Å². The third-order valence-electron chi connectivity index (χ3n) is 3.42. The number of aromatic nitrogens is 5. The van der Waals surface area contributed by atoms with Crippen molar-refractivity contribution in [1.82, 2.24) is 24.7 Å². The fraction of sp³-hybridized carbons (Fsp3) is 0.176. The van der Waals surface area contributed by atoms with Crippen LogP contribution in [0.3, 0.4) is 0 Å². The lowest BCUT2D eigenvalue weighted by molar-refractivity contribution is 0.724. The van der Waals surface area contributed by atoms with Gasteiger partial charge in [-0.15, -0.1) is 6.58 Å². The van der Waals surface area contributed by atoms with Crippen LogP contribution in [0, 0.1) is 6.92 Å². The molecule has 0 spiro atoms. The highest BCUT2D eigenvalue weighted by atomic mass is 15.3. The minimum absolute atomic E-state index is 0.637. The summed E-state index contributed by atoms with van der Waals surface area (Å²) in [6, 6.07) is 2.01. The van der Waals surface area contributed by atoms with Crippen molar-refractivity contribution >= 4 is 16.5 Å². The Bertz CT molecular complexity index is 859. The van der Waals surface area contributed by atoms with Gasteiger partial charge in [-0.25, -0.2) is 9.97 Å². The van der Waals surface area contributed by atoms with Crippen LogP contribution in [0.1, 0.15) is 18.4 Å². The summed E-state index contributed by atoms with van der Waals surface area (Å²) in [7, 11) is 0. The average Bonchev–Trinajstić information content (AvgIpc) is 2.87. The first-order chi connectivity index (χ1) is 10.6. The molecule has 0 aliphatic heterocycles. The van der Waals surface area contributed by atoms with Crippen LogP contribution < -0.4 is 0 Å². The lowest BCUT2D eigenvalue weighted by atomic mass is 10.1. The summed E-state index contributed by atoms with van der Waals surface area (Å²) in [6.07, 6.45) is 7.21. The van der Waals surface area contributed by atoms with Crippen molar-refractivity contribution in [3.63, 3.8) is 0 Å². The molecule has 0 bridgehead atoms. The maximum absolute atomic E-state index is 4.60. The van der Waals surface area contributed by atoms with Crippen LogP contribution in [0.25, 0.3) is 27.7 Å². The number of rotatable bonds is 4. The maximum atomic E-state index is 4.60. The maximum Gasteiger partial charge on any atom is 0.125 e. The summed E-state index contributed by atoms with van der Waals surface area (Å²) < 4.78 is 1.88. The molecule has 0 saturated carbocycles. The molecular weight excluding hydrogens is 274 g/mol. The molecule has 0 aromatic carbocycles. The number of hydrogen-bond donors (Lipinski definition) is 0. The van der Waals surface area contributed by atoms with Gasteiger partial charge in [0.05, 0.1) is 29.6 Å². The van der Waals surface area contributed by atoms with Gasteiger partial charge in [0.2, 0.25) is 0 Å². The van der Waals surface area contributed by atoms with Gasteiger partial charge in [0, 0.05) is 23.3 Å². The van der Waals surface area contributed by atoms with Gasteiger partial charge >= 0.3 is 0 Å². The number of pyridine rings is 1. The second-order valence-corrected chi connectivity index (χ2v) is 5.21. The Morgan fingerprint density at radius 1 is 1.23 bits per heavy atom. The van der Waals surface area contributed by atoms with Crippen LogP contribution in [0.5, 0.6) is 0 Å². The molecule has 0 atom stereocenters. The molecule has 3 aromatic rings. The highest BCUT2D eigenvalue weighted by Gasteiger charge is 2.13. The Morgan fingerprint density at radius 3 is 2.59 bits per heavy atom. The van der Waals surface area contributed by atoms with Crippen molar-refractivity contribution in [3.05, 3.63) is 55.4 Å². The monoisotopic (exact) mass is 291 g/mol. The second-order valence-electron chi connectivity index (χ2n) is 5.21. The predicted octanol–water partition coefficient (Wildman–Crippen LogP) is 3.42.